The van der Waals surface area contributed by atoms with Crippen molar-refractivity contribution < 1.29 is 8.42 Å². The van der Waals surface area contributed by atoms with Crippen molar-refractivity contribution >= 4 is 9.84 Å². The minimum Gasteiger partial charge on any atom is -0.324 e. The van der Waals surface area contributed by atoms with Crippen LogP contribution in [0.1, 0.15) is 22.7 Å². The Labute approximate surface area is 120 Å². The third-order valence-electron chi connectivity index (χ3n) is 3.25. The SMILES string of the molecule is Cc1cccc(CC(N)c2cccc(S(C)(=O)=O)c2)c1. The highest BCUT2D eigenvalue weighted by Crippen LogP contribution is 2.20. The summed E-state index contributed by atoms with van der Waals surface area (Å²) in [6.45, 7) is 2.04. The first kappa shape index (κ1) is 14.8. The van der Waals surface area contributed by atoms with Crippen molar-refractivity contribution in [1.29, 1.82) is 0 Å². The van der Waals surface area contributed by atoms with Crippen LogP contribution in [0.25, 0.3) is 0 Å². The lowest BCUT2D eigenvalue weighted by Gasteiger charge is -2.13. The molecule has 0 aromatic heterocycles. The summed E-state index contributed by atoms with van der Waals surface area (Å²) in [7, 11) is -3.19. The molecule has 2 aromatic rings. The molecule has 20 heavy (non-hydrogen) atoms. The molecule has 0 aliphatic heterocycles. The number of aryl methyl sites for hydroxylation is 1. The summed E-state index contributed by atoms with van der Waals surface area (Å²) < 4.78 is 23.1. The number of rotatable bonds is 4. The molecular weight excluding hydrogens is 270 g/mol. The lowest BCUT2D eigenvalue weighted by molar-refractivity contribution is 0.601. The summed E-state index contributed by atoms with van der Waals surface area (Å²) in [4.78, 5) is 0.315. The zero-order valence-corrected chi connectivity index (χ0v) is 12.5. The zero-order chi connectivity index (χ0) is 14.8. The molecule has 0 bridgehead atoms. The van der Waals surface area contributed by atoms with E-state index in [0.717, 1.165) is 11.1 Å². The molecule has 0 amide bonds. The van der Waals surface area contributed by atoms with Gasteiger partial charge in [0.15, 0.2) is 9.84 Å². The fraction of sp³-hybridized carbons (Fsp3) is 0.250. The van der Waals surface area contributed by atoms with Crippen molar-refractivity contribution in [2.24, 2.45) is 5.73 Å². The van der Waals surface area contributed by atoms with Gasteiger partial charge in [-0.25, -0.2) is 8.42 Å². The van der Waals surface area contributed by atoms with Crippen LogP contribution < -0.4 is 5.73 Å². The lowest BCUT2D eigenvalue weighted by Crippen LogP contribution is -2.14. The topological polar surface area (TPSA) is 60.2 Å². The van der Waals surface area contributed by atoms with Crippen LogP contribution in [-0.4, -0.2) is 14.7 Å². The Balaban J connectivity index is 2.23. The molecule has 0 aliphatic carbocycles. The number of hydrogen-bond acceptors (Lipinski definition) is 3. The van der Waals surface area contributed by atoms with Crippen LogP contribution in [0, 0.1) is 6.92 Å². The third kappa shape index (κ3) is 3.68. The molecule has 0 fully saturated rings. The Kier molecular flexibility index (Phi) is 4.26. The van der Waals surface area contributed by atoms with Gasteiger partial charge in [-0.2, -0.15) is 0 Å². The largest absolute Gasteiger partial charge is 0.324 e. The van der Waals surface area contributed by atoms with E-state index in [1.807, 2.05) is 31.2 Å². The average Bonchev–Trinajstić information content (AvgIpc) is 2.38. The Morgan fingerprint density at radius 2 is 1.80 bits per heavy atom. The van der Waals surface area contributed by atoms with Crippen LogP contribution in [0.15, 0.2) is 53.4 Å². The van der Waals surface area contributed by atoms with Gasteiger partial charge < -0.3 is 5.73 Å². The van der Waals surface area contributed by atoms with Gasteiger partial charge in [0.25, 0.3) is 0 Å². The first-order valence-corrected chi connectivity index (χ1v) is 8.36. The van der Waals surface area contributed by atoms with Crippen molar-refractivity contribution in [1.82, 2.24) is 0 Å². The van der Waals surface area contributed by atoms with E-state index in [4.69, 9.17) is 5.73 Å². The smallest absolute Gasteiger partial charge is 0.175 e. The number of hydrogen-bond donors (Lipinski definition) is 1. The quantitative estimate of drug-likeness (QED) is 0.941. The van der Waals surface area contributed by atoms with Gasteiger partial charge in [0.05, 0.1) is 4.90 Å². The molecule has 3 nitrogen and oxygen atoms in total. The zero-order valence-electron chi connectivity index (χ0n) is 11.7. The van der Waals surface area contributed by atoms with Crippen LogP contribution in [0.3, 0.4) is 0 Å². The number of nitrogens with two attached hydrogens (primary N) is 1. The lowest BCUT2D eigenvalue weighted by atomic mass is 9.99. The first-order valence-electron chi connectivity index (χ1n) is 6.47. The monoisotopic (exact) mass is 289 g/mol. The highest BCUT2D eigenvalue weighted by atomic mass is 32.2. The second kappa shape index (κ2) is 5.77. The van der Waals surface area contributed by atoms with E-state index in [1.54, 1.807) is 18.2 Å². The maximum absolute atomic E-state index is 11.6. The van der Waals surface area contributed by atoms with E-state index < -0.39 is 9.84 Å². The molecule has 0 spiro atoms. The molecule has 1 atom stereocenters. The van der Waals surface area contributed by atoms with Crippen molar-refractivity contribution in [3.63, 3.8) is 0 Å². The molecule has 0 saturated heterocycles. The van der Waals surface area contributed by atoms with Gasteiger partial charge in [-0.1, -0.05) is 42.0 Å². The predicted octanol–water partition coefficient (Wildman–Crippen LogP) is 2.64. The van der Waals surface area contributed by atoms with E-state index in [0.29, 0.717) is 11.3 Å². The summed E-state index contributed by atoms with van der Waals surface area (Å²) >= 11 is 0. The molecule has 0 heterocycles. The van der Waals surface area contributed by atoms with Crippen molar-refractivity contribution in [2.45, 2.75) is 24.3 Å². The van der Waals surface area contributed by atoms with E-state index >= 15 is 0 Å². The molecule has 2 N–H and O–H groups in total. The fourth-order valence-electron chi connectivity index (χ4n) is 2.19. The van der Waals surface area contributed by atoms with Gasteiger partial charge >= 0.3 is 0 Å². The minimum absolute atomic E-state index is 0.210. The summed E-state index contributed by atoms with van der Waals surface area (Å²) in [5, 5.41) is 0. The Hall–Kier alpha value is -1.65. The number of benzene rings is 2. The summed E-state index contributed by atoms with van der Waals surface area (Å²) in [5.74, 6) is 0. The number of sulfone groups is 1. The minimum atomic E-state index is -3.19. The highest BCUT2D eigenvalue weighted by Gasteiger charge is 2.12. The summed E-state index contributed by atoms with van der Waals surface area (Å²) in [6, 6.07) is 14.8. The van der Waals surface area contributed by atoms with Gasteiger partial charge in [-0.05, 0) is 36.6 Å². The second-order valence-corrected chi connectivity index (χ2v) is 7.16. The van der Waals surface area contributed by atoms with Crippen LogP contribution in [0.2, 0.25) is 0 Å². The van der Waals surface area contributed by atoms with Gasteiger partial charge in [0.2, 0.25) is 0 Å². The van der Waals surface area contributed by atoms with Crippen molar-refractivity contribution in [2.75, 3.05) is 6.26 Å². The summed E-state index contributed by atoms with van der Waals surface area (Å²) in [5.41, 5.74) is 9.39. The van der Waals surface area contributed by atoms with Gasteiger partial charge in [0, 0.05) is 12.3 Å². The van der Waals surface area contributed by atoms with Crippen molar-refractivity contribution in [3.05, 3.63) is 65.2 Å². The predicted molar refractivity (Wildman–Crippen MR) is 81.4 cm³/mol. The van der Waals surface area contributed by atoms with Gasteiger partial charge in [-0.3, -0.25) is 0 Å². The van der Waals surface area contributed by atoms with E-state index in [9.17, 15) is 8.42 Å². The highest BCUT2D eigenvalue weighted by molar-refractivity contribution is 7.90. The van der Waals surface area contributed by atoms with Crippen LogP contribution in [-0.2, 0) is 16.3 Å². The first-order chi connectivity index (χ1) is 9.36. The second-order valence-electron chi connectivity index (χ2n) is 5.14. The normalized spacial score (nSPS) is 13.2. The standard InChI is InChI=1S/C16H19NO2S/c1-12-5-3-6-13(9-12)10-16(17)14-7-4-8-15(11-14)20(2,18)19/h3-9,11,16H,10,17H2,1-2H3. The van der Waals surface area contributed by atoms with Crippen molar-refractivity contribution in [3.8, 4) is 0 Å². The van der Waals surface area contributed by atoms with E-state index in [2.05, 4.69) is 6.07 Å². The fourth-order valence-corrected chi connectivity index (χ4v) is 2.86. The molecule has 106 valence electrons. The molecule has 0 radical (unpaired) electrons. The molecule has 2 rings (SSSR count). The van der Waals surface area contributed by atoms with Crippen LogP contribution in [0.4, 0.5) is 0 Å². The van der Waals surface area contributed by atoms with Gasteiger partial charge in [-0.15, -0.1) is 0 Å². The molecule has 4 heteroatoms. The van der Waals surface area contributed by atoms with Crippen LogP contribution >= 0.6 is 0 Å². The van der Waals surface area contributed by atoms with E-state index in [1.165, 1.54) is 11.8 Å². The molecule has 2 aromatic carbocycles. The Morgan fingerprint density at radius 3 is 2.45 bits per heavy atom. The molecule has 0 aliphatic rings. The molecule has 1 unspecified atom stereocenters. The maximum atomic E-state index is 11.6. The Bertz CT molecular complexity index is 708. The van der Waals surface area contributed by atoms with Gasteiger partial charge in [0.1, 0.15) is 0 Å². The van der Waals surface area contributed by atoms with E-state index in [-0.39, 0.29) is 6.04 Å². The molecular formula is C16H19NO2S. The average molecular weight is 289 g/mol. The van der Waals surface area contributed by atoms with Crippen LogP contribution in [0.5, 0.6) is 0 Å². The third-order valence-corrected chi connectivity index (χ3v) is 4.36. The summed E-state index contributed by atoms with van der Waals surface area (Å²) in [6.07, 6.45) is 1.90. The Morgan fingerprint density at radius 1 is 1.10 bits per heavy atom. The maximum Gasteiger partial charge on any atom is 0.175 e. The molecule has 0 saturated carbocycles.